The molecule has 1 unspecified atom stereocenters. The number of nitrogens with zero attached hydrogens (tertiary/aromatic N) is 2. The topological polar surface area (TPSA) is 91.5 Å². The first-order valence-corrected chi connectivity index (χ1v) is 7.10. The molecule has 0 aliphatic carbocycles. The fraction of sp³-hybridized carbons (Fsp3) is 0.333. The summed E-state index contributed by atoms with van der Waals surface area (Å²) in [6.07, 6.45) is 0. The van der Waals surface area contributed by atoms with Crippen LogP contribution in [0.3, 0.4) is 0 Å². The van der Waals surface area contributed by atoms with E-state index in [2.05, 4.69) is 19.7 Å². The predicted molar refractivity (Wildman–Crippen MR) is 80.7 cm³/mol. The maximum absolute atomic E-state index is 11.8. The fourth-order valence-corrected chi connectivity index (χ4v) is 2.25. The van der Waals surface area contributed by atoms with E-state index in [0.717, 1.165) is 0 Å². The van der Waals surface area contributed by atoms with Crippen molar-refractivity contribution in [2.24, 2.45) is 5.92 Å². The van der Waals surface area contributed by atoms with Crippen molar-refractivity contribution in [3.05, 3.63) is 35.2 Å². The molecule has 0 fully saturated rings. The van der Waals surface area contributed by atoms with Gasteiger partial charge in [0.05, 0.1) is 20.1 Å². The van der Waals surface area contributed by atoms with Gasteiger partial charge in [-0.3, -0.25) is 9.59 Å². The van der Waals surface area contributed by atoms with Gasteiger partial charge in [0.25, 0.3) is 0 Å². The maximum Gasteiger partial charge on any atom is 0.320 e. The summed E-state index contributed by atoms with van der Waals surface area (Å²) in [7, 11) is 2.38. The van der Waals surface area contributed by atoms with E-state index in [1.807, 2.05) is 0 Å². The monoisotopic (exact) mass is 338 g/mol. The van der Waals surface area contributed by atoms with Crippen molar-refractivity contribution in [1.82, 2.24) is 10.2 Å². The Morgan fingerprint density at radius 3 is 2.39 bits per heavy atom. The highest BCUT2D eigenvalue weighted by molar-refractivity contribution is 6.30. The number of methoxy groups -OCH3 is 2. The third kappa shape index (κ3) is 3.68. The van der Waals surface area contributed by atoms with Crippen molar-refractivity contribution in [3.8, 4) is 11.5 Å². The van der Waals surface area contributed by atoms with E-state index in [1.54, 1.807) is 31.2 Å². The van der Waals surface area contributed by atoms with Gasteiger partial charge in [0.15, 0.2) is 5.92 Å². The lowest BCUT2D eigenvalue weighted by Gasteiger charge is -2.16. The van der Waals surface area contributed by atoms with Gasteiger partial charge in [0.1, 0.15) is 0 Å². The molecule has 0 aliphatic rings. The number of halogens is 1. The summed E-state index contributed by atoms with van der Waals surface area (Å²) in [6.45, 7) is 1.60. The van der Waals surface area contributed by atoms with Crippen LogP contribution < -0.4 is 0 Å². The van der Waals surface area contributed by atoms with Gasteiger partial charge in [0.2, 0.25) is 11.8 Å². The van der Waals surface area contributed by atoms with E-state index in [0.29, 0.717) is 10.6 Å². The van der Waals surface area contributed by atoms with E-state index in [9.17, 15) is 9.59 Å². The largest absolute Gasteiger partial charge is 0.468 e. The Balaban J connectivity index is 2.30. The van der Waals surface area contributed by atoms with Gasteiger partial charge >= 0.3 is 11.9 Å². The van der Waals surface area contributed by atoms with Gasteiger partial charge in [-0.2, -0.15) is 0 Å². The normalized spacial score (nSPS) is 12.0. The molecule has 7 nitrogen and oxygen atoms in total. The Kier molecular flexibility index (Phi) is 5.33. The van der Waals surface area contributed by atoms with E-state index >= 15 is 0 Å². The zero-order chi connectivity index (χ0) is 17.0. The van der Waals surface area contributed by atoms with Crippen molar-refractivity contribution in [2.45, 2.75) is 12.8 Å². The second kappa shape index (κ2) is 7.23. The Morgan fingerprint density at radius 2 is 1.83 bits per heavy atom. The number of ether oxygens (including phenoxy) is 2. The van der Waals surface area contributed by atoms with E-state index < -0.39 is 23.8 Å². The second-order valence-electron chi connectivity index (χ2n) is 4.77. The lowest BCUT2D eigenvalue weighted by Crippen LogP contribution is -2.31. The molecule has 23 heavy (non-hydrogen) atoms. The molecule has 122 valence electrons. The van der Waals surface area contributed by atoms with Crippen LogP contribution in [0.25, 0.3) is 11.5 Å². The van der Waals surface area contributed by atoms with Crippen LogP contribution in [0, 0.1) is 5.92 Å². The number of rotatable bonds is 5. The quantitative estimate of drug-likeness (QED) is 0.610. The fourth-order valence-electron chi connectivity index (χ4n) is 2.06. The molecule has 0 radical (unpaired) electrons. The SMILES string of the molecule is COC(=O)C(C(=O)OC)C(C)c1nnc(-c2cccc(Cl)c2)o1. The minimum atomic E-state index is -1.18. The molecule has 1 heterocycles. The highest BCUT2D eigenvalue weighted by Gasteiger charge is 2.38. The van der Waals surface area contributed by atoms with Crippen LogP contribution in [0.4, 0.5) is 0 Å². The summed E-state index contributed by atoms with van der Waals surface area (Å²) in [5.41, 5.74) is 0.635. The van der Waals surface area contributed by atoms with E-state index in [-0.39, 0.29) is 11.8 Å². The average molecular weight is 339 g/mol. The van der Waals surface area contributed by atoms with Crippen LogP contribution in [0.15, 0.2) is 28.7 Å². The predicted octanol–water partition coefficient (Wildman–Crippen LogP) is 2.46. The number of carbonyl (C=O) groups is 2. The van der Waals surface area contributed by atoms with Gasteiger partial charge in [-0.1, -0.05) is 24.6 Å². The smallest absolute Gasteiger partial charge is 0.320 e. The summed E-state index contributed by atoms with van der Waals surface area (Å²) in [5.74, 6) is -2.98. The molecule has 0 saturated heterocycles. The third-order valence-electron chi connectivity index (χ3n) is 3.31. The van der Waals surface area contributed by atoms with Crippen LogP contribution in [0.1, 0.15) is 18.7 Å². The lowest BCUT2D eigenvalue weighted by molar-refractivity contribution is -0.160. The van der Waals surface area contributed by atoms with Crippen molar-refractivity contribution in [2.75, 3.05) is 14.2 Å². The molecule has 0 amide bonds. The van der Waals surface area contributed by atoms with Gasteiger partial charge in [-0.05, 0) is 18.2 Å². The maximum atomic E-state index is 11.8. The molecular weight excluding hydrogens is 324 g/mol. The second-order valence-corrected chi connectivity index (χ2v) is 5.20. The molecular formula is C15H15ClN2O5. The van der Waals surface area contributed by atoms with Crippen molar-refractivity contribution >= 4 is 23.5 Å². The lowest BCUT2D eigenvalue weighted by atomic mass is 9.94. The van der Waals surface area contributed by atoms with Gasteiger partial charge < -0.3 is 13.9 Å². The highest BCUT2D eigenvalue weighted by atomic mass is 35.5. The first-order valence-electron chi connectivity index (χ1n) is 6.73. The molecule has 1 aromatic carbocycles. The standard InChI is InChI=1S/C15H15ClN2O5/c1-8(11(14(19)21-2)15(20)22-3)12-17-18-13(23-12)9-5-4-6-10(16)7-9/h4-8,11H,1-3H3. The summed E-state index contributed by atoms with van der Waals surface area (Å²) < 4.78 is 14.8. The Bertz CT molecular complexity index is 699. The van der Waals surface area contributed by atoms with Crippen LogP contribution in [-0.4, -0.2) is 36.4 Å². The Labute approximate surface area is 137 Å². The summed E-state index contributed by atoms with van der Waals surface area (Å²) in [4.78, 5) is 23.6. The summed E-state index contributed by atoms with van der Waals surface area (Å²) in [6, 6.07) is 6.89. The number of esters is 2. The van der Waals surface area contributed by atoms with Crippen molar-refractivity contribution in [1.29, 1.82) is 0 Å². The van der Waals surface area contributed by atoms with Crippen LogP contribution in [0.5, 0.6) is 0 Å². The molecule has 8 heteroatoms. The molecule has 0 saturated carbocycles. The molecule has 1 atom stereocenters. The van der Waals surface area contributed by atoms with E-state index in [4.69, 9.17) is 16.0 Å². The highest BCUT2D eigenvalue weighted by Crippen LogP contribution is 2.29. The average Bonchev–Trinajstić information content (AvgIpc) is 3.04. The number of aromatic nitrogens is 2. The number of hydrogen-bond acceptors (Lipinski definition) is 7. The van der Waals surface area contributed by atoms with E-state index in [1.165, 1.54) is 14.2 Å². The minimum Gasteiger partial charge on any atom is -0.468 e. The Hall–Kier alpha value is -2.41. The van der Waals surface area contributed by atoms with Crippen molar-refractivity contribution in [3.63, 3.8) is 0 Å². The molecule has 0 N–H and O–H groups in total. The minimum absolute atomic E-state index is 0.126. The first-order chi connectivity index (χ1) is 11.0. The zero-order valence-corrected chi connectivity index (χ0v) is 13.5. The molecule has 1 aromatic heterocycles. The zero-order valence-electron chi connectivity index (χ0n) is 12.8. The van der Waals surface area contributed by atoms with Gasteiger partial charge in [-0.25, -0.2) is 0 Å². The molecule has 0 bridgehead atoms. The van der Waals surface area contributed by atoms with Crippen LogP contribution in [0.2, 0.25) is 5.02 Å². The van der Waals surface area contributed by atoms with Crippen LogP contribution >= 0.6 is 11.6 Å². The summed E-state index contributed by atoms with van der Waals surface area (Å²) in [5, 5.41) is 8.35. The molecule has 2 rings (SSSR count). The Morgan fingerprint density at radius 1 is 1.17 bits per heavy atom. The summed E-state index contributed by atoms with van der Waals surface area (Å²) >= 11 is 5.92. The molecule has 0 spiro atoms. The number of benzene rings is 1. The van der Waals surface area contributed by atoms with Gasteiger partial charge in [0, 0.05) is 10.6 Å². The molecule has 2 aromatic rings. The first kappa shape index (κ1) is 17.0. The third-order valence-corrected chi connectivity index (χ3v) is 3.55. The number of hydrogen-bond donors (Lipinski definition) is 0. The van der Waals surface area contributed by atoms with Crippen molar-refractivity contribution < 1.29 is 23.5 Å². The number of carbonyl (C=O) groups excluding carboxylic acids is 2. The molecule has 0 aliphatic heterocycles. The van der Waals surface area contributed by atoms with Crippen LogP contribution in [-0.2, 0) is 19.1 Å². The van der Waals surface area contributed by atoms with Gasteiger partial charge in [-0.15, -0.1) is 10.2 Å².